The summed E-state index contributed by atoms with van der Waals surface area (Å²) in [5.41, 5.74) is 0.494. The van der Waals surface area contributed by atoms with E-state index in [0.717, 1.165) is 0 Å². The molecule has 0 aliphatic heterocycles. The molecule has 0 radical (unpaired) electrons. The van der Waals surface area contributed by atoms with E-state index >= 15 is 0 Å². The van der Waals surface area contributed by atoms with Crippen LogP contribution in [-0.2, 0) is 0 Å². The van der Waals surface area contributed by atoms with Crippen molar-refractivity contribution in [2.24, 2.45) is 0 Å². The molecule has 3 N–H and O–H groups in total. The first-order valence-corrected chi connectivity index (χ1v) is 7.76. The summed E-state index contributed by atoms with van der Waals surface area (Å²) < 4.78 is 10.3. The Morgan fingerprint density at radius 3 is 2.28 bits per heavy atom. The molecule has 7 nitrogen and oxygen atoms in total. The predicted octanol–water partition coefficient (Wildman–Crippen LogP) is 2.53. The minimum absolute atomic E-state index is 0.0230. The van der Waals surface area contributed by atoms with E-state index in [9.17, 15) is 9.90 Å². The van der Waals surface area contributed by atoms with Gasteiger partial charge in [0, 0.05) is 11.6 Å². The van der Waals surface area contributed by atoms with E-state index in [4.69, 9.17) is 9.47 Å². The molecule has 25 heavy (non-hydrogen) atoms. The predicted molar refractivity (Wildman–Crippen MR) is 96.5 cm³/mol. The van der Waals surface area contributed by atoms with Crippen molar-refractivity contribution >= 4 is 17.4 Å². The number of anilines is 2. The molecule has 0 saturated heterocycles. The topological polar surface area (TPSA) is 92.7 Å². The van der Waals surface area contributed by atoms with Crippen molar-refractivity contribution in [1.82, 2.24) is 4.98 Å². The highest BCUT2D eigenvalue weighted by Gasteiger charge is 2.16. The van der Waals surface area contributed by atoms with Gasteiger partial charge in [-0.1, -0.05) is 0 Å². The SMILES string of the molecule is COc1cc(OC)cc(C(=O)Nc2ccc(NC(C)(C)CO)nc2)c1. The number of aliphatic hydroxyl groups excluding tert-OH is 1. The van der Waals surface area contributed by atoms with Gasteiger partial charge >= 0.3 is 0 Å². The summed E-state index contributed by atoms with van der Waals surface area (Å²) in [5.74, 6) is 1.39. The minimum atomic E-state index is -0.477. The van der Waals surface area contributed by atoms with E-state index in [1.54, 1.807) is 36.5 Å². The third-order valence-electron chi connectivity index (χ3n) is 3.50. The van der Waals surface area contributed by atoms with E-state index in [1.807, 2.05) is 13.8 Å². The van der Waals surface area contributed by atoms with E-state index in [0.29, 0.717) is 28.6 Å². The molecule has 7 heteroatoms. The number of carbonyl (C=O) groups excluding carboxylic acids is 1. The highest BCUT2D eigenvalue weighted by molar-refractivity contribution is 6.04. The quantitative estimate of drug-likeness (QED) is 0.714. The van der Waals surface area contributed by atoms with Crippen LogP contribution in [0.1, 0.15) is 24.2 Å². The van der Waals surface area contributed by atoms with Gasteiger partial charge in [-0.25, -0.2) is 4.98 Å². The second kappa shape index (κ2) is 7.85. The lowest BCUT2D eigenvalue weighted by molar-refractivity contribution is 0.102. The van der Waals surface area contributed by atoms with Crippen LogP contribution in [-0.4, -0.2) is 42.4 Å². The second-order valence-corrected chi connectivity index (χ2v) is 6.15. The van der Waals surface area contributed by atoms with Crippen LogP contribution in [0.3, 0.4) is 0 Å². The zero-order valence-corrected chi connectivity index (χ0v) is 14.8. The largest absolute Gasteiger partial charge is 0.497 e. The Balaban J connectivity index is 2.10. The molecule has 2 aromatic rings. The van der Waals surface area contributed by atoms with E-state index in [1.165, 1.54) is 14.2 Å². The Hall–Kier alpha value is -2.80. The van der Waals surface area contributed by atoms with Gasteiger partial charge in [-0.05, 0) is 38.1 Å². The number of benzene rings is 1. The molecule has 2 rings (SSSR count). The van der Waals surface area contributed by atoms with E-state index < -0.39 is 5.54 Å². The molecule has 1 heterocycles. The van der Waals surface area contributed by atoms with Gasteiger partial charge in [0.15, 0.2) is 0 Å². The summed E-state index contributed by atoms with van der Waals surface area (Å²) in [6, 6.07) is 8.43. The summed E-state index contributed by atoms with van der Waals surface area (Å²) in [4.78, 5) is 16.7. The highest BCUT2D eigenvalue weighted by Crippen LogP contribution is 2.23. The van der Waals surface area contributed by atoms with Crippen molar-refractivity contribution < 1.29 is 19.4 Å². The van der Waals surface area contributed by atoms with Crippen molar-refractivity contribution in [2.45, 2.75) is 19.4 Å². The van der Waals surface area contributed by atoms with Gasteiger partial charge in [0.05, 0.1) is 38.2 Å². The first kappa shape index (κ1) is 18.5. The summed E-state index contributed by atoms with van der Waals surface area (Å²) >= 11 is 0. The number of aromatic nitrogens is 1. The van der Waals surface area contributed by atoms with Crippen LogP contribution in [0.2, 0.25) is 0 Å². The molecule has 0 fully saturated rings. The van der Waals surface area contributed by atoms with Crippen molar-refractivity contribution in [3.63, 3.8) is 0 Å². The number of hydrogen-bond donors (Lipinski definition) is 3. The fourth-order valence-electron chi connectivity index (χ4n) is 2.07. The third-order valence-corrected chi connectivity index (χ3v) is 3.50. The van der Waals surface area contributed by atoms with E-state index in [2.05, 4.69) is 15.6 Å². The van der Waals surface area contributed by atoms with Gasteiger partial charge in [0.25, 0.3) is 5.91 Å². The first-order valence-electron chi connectivity index (χ1n) is 7.76. The molecule has 0 bridgehead atoms. The summed E-state index contributed by atoms with van der Waals surface area (Å²) in [7, 11) is 3.06. The zero-order valence-electron chi connectivity index (χ0n) is 14.8. The standard InChI is InChI=1S/C18H23N3O4/c1-18(2,11-22)21-16-6-5-13(10-19-16)20-17(23)12-7-14(24-3)9-15(8-12)25-4/h5-10,22H,11H2,1-4H3,(H,19,21)(H,20,23). The zero-order chi connectivity index (χ0) is 18.4. The van der Waals surface area contributed by atoms with Crippen LogP contribution in [0.25, 0.3) is 0 Å². The first-order chi connectivity index (χ1) is 11.9. The summed E-state index contributed by atoms with van der Waals surface area (Å²) in [5, 5.41) is 15.2. The number of nitrogens with one attached hydrogen (secondary N) is 2. The second-order valence-electron chi connectivity index (χ2n) is 6.15. The van der Waals surface area contributed by atoms with Crippen molar-refractivity contribution in [3.05, 3.63) is 42.1 Å². The average molecular weight is 345 g/mol. The Labute approximate surface area is 147 Å². The highest BCUT2D eigenvalue weighted by atomic mass is 16.5. The molecule has 0 aliphatic rings. The Morgan fingerprint density at radius 1 is 1.16 bits per heavy atom. The van der Waals surface area contributed by atoms with Gasteiger partial charge in [-0.15, -0.1) is 0 Å². The monoisotopic (exact) mass is 345 g/mol. The number of pyridine rings is 1. The Bertz CT molecular complexity index is 707. The van der Waals surface area contributed by atoms with Crippen molar-refractivity contribution in [3.8, 4) is 11.5 Å². The molecule has 0 aliphatic carbocycles. The maximum Gasteiger partial charge on any atom is 0.255 e. The number of aliphatic hydroxyl groups is 1. The summed E-state index contributed by atoms with van der Waals surface area (Å²) in [6.07, 6.45) is 1.55. The molecule has 0 unspecified atom stereocenters. The number of nitrogens with zero attached hydrogens (tertiary/aromatic N) is 1. The average Bonchev–Trinajstić information content (AvgIpc) is 2.62. The Kier molecular flexibility index (Phi) is 5.82. The van der Waals surface area contributed by atoms with Crippen LogP contribution < -0.4 is 20.1 Å². The van der Waals surface area contributed by atoms with Crippen molar-refractivity contribution in [2.75, 3.05) is 31.5 Å². The molecular weight excluding hydrogens is 322 g/mol. The fraction of sp³-hybridized carbons (Fsp3) is 0.333. The molecule has 1 aromatic carbocycles. The normalized spacial score (nSPS) is 10.9. The van der Waals surface area contributed by atoms with Gasteiger partial charge < -0.3 is 25.2 Å². The van der Waals surface area contributed by atoms with Crippen LogP contribution in [0.4, 0.5) is 11.5 Å². The number of carbonyl (C=O) groups is 1. The van der Waals surface area contributed by atoms with Gasteiger partial charge in [0.1, 0.15) is 17.3 Å². The molecular formula is C18H23N3O4. The number of amides is 1. The number of ether oxygens (including phenoxy) is 2. The fourth-order valence-corrected chi connectivity index (χ4v) is 2.07. The molecule has 0 atom stereocenters. The van der Waals surface area contributed by atoms with Crippen LogP contribution in [0.5, 0.6) is 11.5 Å². The molecule has 1 aromatic heterocycles. The van der Waals surface area contributed by atoms with Crippen molar-refractivity contribution in [1.29, 1.82) is 0 Å². The van der Waals surface area contributed by atoms with Gasteiger partial charge in [0.2, 0.25) is 0 Å². The lowest BCUT2D eigenvalue weighted by Crippen LogP contribution is -2.35. The van der Waals surface area contributed by atoms with Gasteiger partial charge in [-0.3, -0.25) is 4.79 Å². The third kappa shape index (κ3) is 5.09. The summed E-state index contributed by atoms with van der Waals surface area (Å²) in [6.45, 7) is 3.70. The maximum absolute atomic E-state index is 12.4. The minimum Gasteiger partial charge on any atom is -0.497 e. The van der Waals surface area contributed by atoms with E-state index in [-0.39, 0.29) is 12.5 Å². The lowest BCUT2D eigenvalue weighted by Gasteiger charge is -2.24. The number of methoxy groups -OCH3 is 2. The molecule has 1 amide bonds. The van der Waals surface area contributed by atoms with Gasteiger partial charge in [-0.2, -0.15) is 0 Å². The maximum atomic E-state index is 12.4. The smallest absolute Gasteiger partial charge is 0.255 e. The van der Waals surface area contributed by atoms with Crippen LogP contribution in [0, 0.1) is 0 Å². The number of rotatable bonds is 7. The molecule has 0 saturated carbocycles. The molecule has 134 valence electrons. The number of hydrogen-bond acceptors (Lipinski definition) is 6. The van der Waals surface area contributed by atoms with Crippen LogP contribution in [0.15, 0.2) is 36.5 Å². The Morgan fingerprint density at radius 2 is 1.80 bits per heavy atom. The van der Waals surface area contributed by atoms with Crippen LogP contribution >= 0.6 is 0 Å². The molecule has 0 spiro atoms. The lowest BCUT2D eigenvalue weighted by atomic mass is 10.1.